The van der Waals surface area contributed by atoms with Crippen LogP contribution in [0.4, 0.5) is 4.39 Å². The standard InChI is InChI=1S/C17H16ClFN2O2.C4H4O4/c1-21-11-13-3-2-4-15(17(13)22-8-7-19)23-16-9-14(18)6-5-12(16)10-20;5-3(6)1-2-4(7)8/h2-6,9,21H,7-8,11H2,1H3;1-2H,(H,5,6)(H,7,8)/b;2-1+. The molecule has 2 rings (SSSR count). The topological polar surface area (TPSA) is 129 Å². The summed E-state index contributed by atoms with van der Waals surface area (Å²) in [5.41, 5.74) is 1.18. The van der Waals surface area contributed by atoms with Gasteiger partial charge in [0.05, 0.1) is 5.56 Å². The number of hydrogen-bond acceptors (Lipinski definition) is 6. The highest BCUT2D eigenvalue weighted by Gasteiger charge is 2.14. The molecule has 0 amide bonds. The lowest BCUT2D eigenvalue weighted by atomic mass is 10.1. The maximum atomic E-state index is 12.5. The molecular weight excluding hydrogens is 431 g/mol. The number of rotatable bonds is 9. The summed E-state index contributed by atoms with van der Waals surface area (Å²) < 4.78 is 23.8. The van der Waals surface area contributed by atoms with Crippen molar-refractivity contribution in [3.8, 4) is 23.3 Å². The summed E-state index contributed by atoms with van der Waals surface area (Å²) in [6.07, 6.45) is 1.12. The van der Waals surface area contributed by atoms with Gasteiger partial charge >= 0.3 is 11.9 Å². The Kier molecular flexibility index (Phi) is 11.1. The SMILES string of the molecule is CNCc1cccc(Oc2cc(Cl)ccc2C#N)c1OCCF.O=C(O)/C=C/C(=O)O. The molecular formula is C21H20ClFN2O6. The van der Waals surface area contributed by atoms with E-state index in [9.17, 15) is 19.2 Å². The number of nitrogens with one attached hydrogen (secondary N) is 1. The van der Waals surface area contributed by atoms with Crippen LogP contribution in [0.25, 0.3) is 0 Å². The minimum absolute atomic E-state index is 0.0717. The molecule has 0 atom stereocenters. The van der Waals surface area contributed by atoms with Crippen LogP contribution in [0, 0.1) is 11.3 Å². The highest BCUT2D eigenvalue weighted by Crippen LogP contribution is 2.36. The first kappa shape index (κ1) is 25.4. The number of carboxylic acids is 2. The number of para-hydroxylation sites is 1. The summed E-state index contributed by atoms with van der Waals surface area (Å²) in [5.74, 6) is -1.33. The third-order valence-electron chi connectivity index (χ3n) is 3.40. The van der Waals surface area contributed by atoms with Gasteiger partial charge in [-0.3, -0.25) is 0 Å². The van der Waals surface area contributed by atoms with Crippen LogP contribution >= 0.6 is 11.6 Å². The molecule has 0 spiro atoms. The summed E-state index contributed by atoms with van der Waals surface area (Å²) in [4.78, 5) is 19.1. The van der Waals surface area contributed by atoms with Crippen molar-refractivity contribution in [2.75, 3.05) is 20.3 Å². The quantitative estimate of drug-likeness (QED) is 0.492. The minimum atomic E-state index is -1.26. The molecule has 0 aliphatic carbocycles. The van der Waals surface area contributed by atoms with Crippen LogP contribution in [0.3, 0.4) is 0 Å². The highest BCUT2D eigenvalue weighted by molar-refractivity contribution is 6.30. The number of benzene rings is 2. The Labute approximate surface area is 183 Å². The normalized spacial score (nSPS) is 10.0. The van der Waals surface area contributed by atoms with Gasteiger partial charge in [-0.2, -0.15) is 5.26 Å². The smallest absolute Gasteiger partial charge is 0.328 e. The molecule has 0 aromatic heterocycles. The molecule has 0 heterocycles. The number of carboxylic acid groups (broad SMARTS) is 2. The molecule has 0 saturated carbocycles. The van der Waals surface area contributed by atoms with Crippen molar-refractivity contribution in [3.05, 3.63) is 64.7 Å². The van der Waals surface area contributed by atoms with Crippen LogP contribution in [0.2, 0.25) is 5.02 Å². The Morgan fingerprint density at radius 3 is 2.42 bits per heavy atom. The Morgan fingerprint density at radius 2 is 1.87 bits per heavy atom. The molecule has 31 heavy (non-hydrogen) atoms. The molecule has 0 fully saturated rings. The number of aliphatic carboxylic acids is 2. The van der Waals surface area contributed by atoms with Crippen LogP contribution in [0.15, 0.2) is 48.6 Å². The van der Waals surface area contributed by atoms with Gasteiger partial charge in [0.25, 0.3) is 0 Å². The van der Waals surface area contributed by atoms with E-state index in [0.717, 1.165) is 5.56 Å². The van der Waals surface area contributed by atoms with E-state index in [2.05, 4.69) is 5.32 Å². The van der Waals surface area contributed by atoms with Crippen LogP contribution in [-0.4, -0.2) is 42.5 Å². The Hall–Kier alpha value is -3.61. The number of ether oxygens (including phenoxy) is 2. The average molecular weight is 451 g/mol. The first-order valence-electron chi connectivity index (χ1n) is 8.79. The molecule has 0 bridgehead atoms. The first-order valence-corrected chi connectivity index (χ1v) is 9.16. The summed E-state index contributed by atoms with van der Waals surface area (Å²) in [6, 6.07) is 12.2. The second-order valence-electron chi connectivity index (χ2n) is 5.68. The van der Waals surface area contributed by atoms with E-state index >= 15 is 0 Å². The van der Waals surface area contributed by atoms with E-state index in [-0.39, 0.29) is 6.61 Å². The fourth-order valence-corrected chi connectivity index (χ4v) is 2.37. The van der Waals surface area contributed by atoms with Gasteiger partial charge in [0.2, 0.25) is 0 Å². The molecule has 0 aliphatic rings. The Balaban J connectivity index is 0.000000512. The molecule has 0 radical (unpaired) electrons. The van der Waals surface area contributed by atoms with E-state index in [1.165, 1.54) is 0 Å². The highest BCUT2D eigenvalue weighted by atomic mass is 35.5. The average Bonchev–Trinajstić information content (AvgIpc) is 2.73. The van der Waals surface area contributed by atoms with Crippen molar-refractivity contribution in [2.45, 2.75) is 6.54 Å². The maximum absolute atomic E-state index is 12.5. The molecule has 8 nitrogen and oxygen atoms in total. The van der Waals surface area contributed by atoms with Crippen molar-refractivity contribution in [3.63, 3.8) is 0 Å². The van der Waals surface area contributed by atoms with Crippen LogP contribution < -0.4 is 14.8 Å². The molecule has 2 aromatic carbocycles. The lowest BCUT2D eigenvalue weighted by Gasteiger charge is -2.16. The largest absolute Gasteiger partial charge is 0.487 e. The van der Waals surface area contributed by atoms with Gasteiger partial charge in [0, 0.05) is 35.3 Å². The summed E-state index contributed by atoms with van der Waals surface area (Å²) >= 11 is 5.96. The zero-order chi connectivity index (χ0) is 23.2. The number of hydrogen-bond donors (Lipinski definition) is 3. The van der Waals surface area contributed by atoms with Crippen LogP contribution in [0.1, 0.15) is 11.1 Å². The van der Waals surface area contributed by atoms with Crippen molar-refractivity contribution < 1.29 is 33.7 Å². The van der Waals surface area contributed by atoms with Crippen molar-refractivity contribution in [2.24, 2.45) is 0 Å². The maximum Gasteiger partial charge on any atom is 0.328 e. The van der Waals surface area contributed by atoms with Crippen LogP contribution in [-0.2, 0) is 16.1 Å². The molecule has 0 aliphatic heterocycles. The van der Waals surface area contributed by atoms with Gasteiger partial charge in [-0.25, -0.2) is 14.0 Å². The Morgan fingerprint density at radius 1 is 1.19 bits per heavy atom. The number of carbonyl (C=O) groups is 2. The van der Waals surface area contributed by atoms with Crippen molar-refractivity contribution >= 4 is 23.5 Å². The molecule has 164 valence electrons. The molecule has 0 saturated heterocycles. The van der Waals surface area contributed by atoms with Gasteiger partial charge < -0.3 is 25.0 Å². The predicted octanol–water partition coefficient (Wildman–Crippen LogP) is 3.78. The Bertz CT molecular complexity index is 959. The van der Waals surface area contributed by atoms with Crippen molar-refractivity contribution in [1.29, 1.82) is 5.26 Å². The number of nitrogens with zero attached hydrogens (tertiary/aromatic N) is 1. The fourth-order valence-electron chi connectivity index (χ4n) is 2.21. The van der Waals surface area contributed by atoms with E-state index in [1.807, 2.05) is 12.1 Å². The van der Waals surface area contributed by atoms with Gasteiger partial charge in [0.1, 0.15) is 25.1 Å². The fraction of sp³-hybridized carbons (Fsp3) is 0.190. The summed E-state index contributed by atoms with van der Waals surface area (Å²) in [5, 5.41) is 28.3. The minimum Gasteiger partial charge on any atom is -0.487 e. The van der Waals surface area contributed by atoms with E-state index < -0.39 is 18.6 Å². The molecule has 3 N–H and O–H groups in total. The van der Waals surface area contributed by atoms with Crippen LogP contribution in [0.5, 0.6) is 17.2 Å². The van der Waals surface area contributed by atoms with E-state index in [4.69, 9.17) is 31.3 Å². The second-order valence-corrected chi connectivity index (χ2v) is 6.11. The van der Waals surface area contributed by atoms with Gasteiger partial charge in [-0.1, -0.05) is 23.7 Å². The molecule has 10 heteroatoms. The number of halogens is 2. The van der Waals surface area contributed by atoms with Crippen molar-refractivity contribution in [1.82, 2.24) is 5.32 Å². The zero-order valence-electron chi connectivity index (χ0n) is 16.5. The predicted molar refractivity (Wildman–Crippen MR) is 111 cm³/mol. The summed E-state index contributed by atoms with van der Waals surface area (Å²) in [6.45, 7) is -0.134. The third-order valence-corrected chi connectivity index (χ3v) is 3.64. The van der Waals surface area contributed by atoms with Gasteiger partial charge in [0.15, 0.2) is 11.5 Å². The third kappa shape index (κ3) is 9.16. The second kappa shape index (κ2) is 13.6. The number of alkyl halides is 1. The number of nitriles is 1. The lowest BCUT2D eigenvalue weighted by Crippen LogP contribution is -2.09. The van der Waals surface area contributed by atoms with Gasteiger partial charge in [-0.05, 0) is 25.2 Å². The first-order chi connectivity index (χ1) is 14.8. The summed E-state index contributed by atoms with van der Waals surface area (Å²) in [7, 11) is 1.80. The zero-order valence-corrected chi connectivity index (χ0v) is 17.2. The lowest BCUT2D eigenvalue weighted by molar-refractivity contribution is -0.134. The van der Waals surface area contributed by atoms with Gasteiger partial charge in [-0.15, -0.1) is 0 Å². The van der Waals surface area contributed by atoms with E-state index in [0.29, 0.717) is 46.5 Å². The molecule has 2 aromatic rings. The van der Waals surface area contributed by atoms with E-state index in [1.54, 1.807) is 37.4 Å². The molecule has 0 unspecified atom stereocenters. The monoisotopic (exact) mass is 450 g/mol.